The van der Waals surface area contributed by atoms with Crippen LogP contribution in [0.1, 0.15) is 15.9 Å². The monoisotopic (exact) mass is 470 g/mol. The number of rotatable bonds is 6. The minimum Gasteiger partial charge on any atom is -0.307 e. The van der Waals surface area contributed by atoms with E-state index in [0.717, 1.165) is 22.0 Å². The summed E-state index contributed by atoms with van der Waals surface area (Å²) in [7, 11) is -1.49. The van der Waals surface area contributed by atoms with Gasteiger partial charge in [-0.1, -0.05) is 29.3 Å². The van der Waals surface area contributed by atoms with Crippen LogP contribution in [-0.2, 0) is 16.6 Å². The molecule has 30 heavy (non-hydrogen) atoms. The van der Waals surface area contributed by atoms with E-state index in [2.05, 4.69) is 10.4 Å². The lowest BCUT2D eigenvalue weighted by atomic mass is 10.2. The van der Waals surface area contributed by atoms with Crippen molar-refractivity contribution in [1.82, 2.24) is 14.1 Å². The molecule has 1 aromatic heterocycles. The third-order valence-corrected chi connectivity index (χ3v) is 6.66. The molecule has 2 aromatic carbocycles. The van der Waals surface area contributed by atoms with Crippen molar-refractivity contribution in [3.05, 3.63) is 75.7 Å². The number of aromatic nitrogens is 2. The highest BCUT2D eigenvalue weighted by Gasteiger charge is 2.23. The van der Waals surface area contributed by atoms with Crippen LogP contribution in [0.5, 0.6) is 0 Å². The summed E-state index contributed by atoms with van der Waals surface area (Å²) >= 11 is 12.1. The summed E-state index contributed by atoms with van der Waals surface area (Å²) in [6.45, 7) is 0.266. The first-order chi connectivity index (χ1) is 14.1. The van der Waals surface area contributed by atoms with Crippen LogP contribution >= 0.6 is 23.2 Å². The minimum absolute atomic E-state index is 0.0194. The van der Waals surface area contributed by atoms with Crippen molar-refractivity contribution in [2.75, 3.05) is 19.4 Å². The second-order valence-corrected chi connectivity index (χ2v) is 9.46. The number of anilines is 1. The highest BCUT2D eigenvalue weighted by molar-refractivity contribution is 7.89. The second kappa shape index (κ2) is 8.73. The van der Waals surface area contributed by atoms with E-state index < -0.39 is 26.6 Å². The van der Waals surface area contributed by atoms with Crippen LogP contribution in [0.15, 0.2) is 53.6 Å². The van der Waals surface area contributed by atoms with Gasteiger partial charge in [0.2, 0.25) is 10.0 Å². The lowest BCUT2D eigenvalue weighted by Crippen LogP contribution is -2.24. The van der Waals surface area contributed by atoms with Gasteiger partial charge >= 0.3 is 0 Å². The minimum atomic E-state index is -4.05. The Morgan fingerprint density at radius 1 is 1.17 bits per heavy atom. The largest absolute Gasteiger partial charge is 0.307 e. The topological polar surface area (TPSA) is 84.3 Å². The maximum absolute atomic E-state index is 14.1. The summed E-state index contributed by atoms with van der Waals surface area (Å²) < 4.78 is 41.0. The standard InChI is InChI=1S/C19H17Cl2FN4O3S/c1-25(2)30(28,29)17-9-12(4-6-16(17)22)19(27)24-18-7-8-23-26(18)11-13-3-5-14(20)10-15(13)21/h3-10H,11H2,1-2H3,(H,24,27). The molecule has 7 nitrogen and oxygen atoms in total. The summed E-state index contributed by atoms with van der Waals surface area (Å²) in [4.78, 5) is 12.1. The van der Waals surface area contributed by atoms with E-state index in [1.54, 1.807) is 24.3 Å². The molecule has 1 N–H and O–H groups in total. The molecular weight excluding hydrogens is 454 g/mol. The van der Waals surface area contributed by atoms with Crippen LogP contribution in [0.2, 0.25) is 10.0 Å². The highest BCUT2D eigenvalue weighted by atomic mass is 35.5. The van der Waals surface area contributed by atoms with Gasteiger partial charge in [-0.15, -0.1) is 0 Å². The van der Waals surface area contributed by atoms with Crippen LogP contribution in [0.4, 0.5) is 10.2 Å². The number of hydrogen-bond donors (Lipinski definition) is 1. The van der Waals surface area contributed by atoms with Gasteiger partial charge in [0.1, 0.15) is 16.5 Å². The molecule has 3 rings (SSSR count). The third-order valence-electron chi connectivity index (χ3n) is 4.25. The molecule has 1 amide bonds. The van der Waals surface area contributed by atoms with Gasteiger partial charge in [-0.3, -0.25) is 4.79 Å². The Morgan fingerprint density at radius 2 is 1.90 bits per heavy atom. The SMILES string of the molecule is CN(C)S(=O)(=O)c1cc(C(=O)Nc2ccnn2Cc2ccc(Cl)cc2Cl)ccc1F. The average molecular weight is 471 g/mol. The van der Waals surface area contributed by atoms with Crippen molar-refractivity contribution in [1.29, 1.82) is 0 Å². The molecule has 0 radical (unpaired) electrons. The number of carbonyl (C=O) groups excluding carboxylic acids is 1. The molecule has 0 atom stereocenters. The predicted octanol–water partition coefficient (Wildman–Crippen LogP) is 3.88. The van der Waals surface area contributed by atoms with Gasteiger partial charge in [0.25, 0.3) is 5.91 Å². The van der Waals surface area contributed by atoms with Crippen LogP contribution in [0.25, 0.3) is 0 Å². The van der Waals surface area contributed by atoms with Gasteiger partial charge in [-0.2, -0.15) is 5.10 Å². The summed E-state index contributed by atoms with van der Waals surface area (Å²) in [6, 6.07) is 9.75. The van der Waals surface area contributed by atoms with Crippen LogP contribution in [0, 0.1) is 5.82 Å². The van der Waals surface area contributed by atoms with Crippen LogP contribution < -0.4 is 5.32 Å². The second-order valence-electron chi connectivity index (χ2n) is 6.50. The Bertz CT molecular complexity index is 1210. The fourth-order valence-corrected chi connectivity index (χ4v) is 4.06. The molecule has 0 saturated carbocycles. The molecule has 11 heteroatoms. The molecule has 3 aromatic rings. The van der Waals surface area contributed by atoms with E-state index in [9.17, 15) is 17.6 Å². The Labute approximate surface area is 183 Å². The number of nitrogens with zero attached hydrogens (tertiary/aromatic N) is 3. The zero-order valence-electron chi connectivity index (χ0n) is 15.9. The van der Waals surface area contributed by atoms with Gasteiger partial charge in [-0.05, 0) is 35.9 Å². The Kier molecular flexibility index (Phi) is 6.47. The van der Waals surface area contributed by atoms with Gasteiger partial charge in [0, 0.05) is 35.8 Å². The first-order valence-electron chi connectivity index (χ1n) is 8.59. The molecule has 0 bridgehead atoms. The highest BCUT2D eigenvalue weighted by Crippen LogP contribution is 2.23. The van der Waals surface area contributed by atoms with Crippen molar-refractivity contribution in [2.45, 2.75) is 11.4 Å². The Morgan fingerprint density at radius 3 is 2.57 bits per heavy atom. The first-order valence-corrected chi connectivity index (χ1v) is 10.8. The molecular formula is C19H17Cl2FN4O3S. The van der Waals surface area contributed by atoms with Crippen molar-refractivity contribution in [2.24, 2.45) is 0 Å². The normalized spacial score (nSPS) is 11.7. The van der Waals surface area contributed by atoms with E-state index in [0.29, 0.717) is 15.9 Å². The van der Waals surface area contributed by atoms with E-state index in [1.807, 2.05) is 0 Å². The predicted molar refractivity (Wildman–Crippen MR) is 113 cm³/mol. The molecule has 0 aliphatic carbocycles. The Hall–Kier alpha value is -2.46. The average Bonchev–Trinajstić information content (AvgIpc) is 3.10. The zero-order chi connectivity index (χ0) is 22.1. The van der Waals surface area contributed by atoms with Crippen LogP contribution in [0.3, 0.4) is 0 Å². The number of nitrogens with one attached hydrogen (secondary N) is 1. The molecule has 0 aliphatic heterocycles. The number of benzene rings is 2. The molecule has 0 spiro atoms. The fraction of sp³-hybridized carbons (Fsp3) is 0.158. The molecule has 0 unspecified atom stereocenters. The molecule has 158 valence electrons. The van der Waals surface area contributed by atoms with Crippen molar-refractivity contribution in [3.8, 4) is 0 Å². The number of carbonyl (C=O) groups is 1. The van der Waals surface area contributed by atoms with Gasteiger partial charge in [-0.25, -0.2) is 21.8 Å². The van der Waals surface area contributed by atoms with Gasteiger partial charge in [0.05, 0.1) is 12.7 Å². The number of sulfonamides is 1. The Balaban J connectivity index is 1.85. The van der Waals surface area contributed by atoms with Gasteiger partial charge in [0.15, 0.2) is 0 Å². The first kappa shape index (κ1) is 22.2. The lowest BCUT2D eigenvalue weighted by Gasteiger charge is -2.14. The fourth-order valence-electron chi connectivity index (χ4n) is 2.60. The van der Waals surface area contributed by atoms with E-state index in [4.69, 9.17) is 23.2 Å². The lowest BCUT2D eigenvalue weighted by molar-refractivity contribution is 0.102. The van der Waals surface area contributed by atoms with E-state index in [-0.39, 0.29) is 12.1 Å². The number of hydrogen-bond acceptors (Lipinski definition) is 4. The zero-order valence-corrected chi connectivity index (χ0v) is 18.3. The van der Waals surface area contributed by atoms with Crippen LogP contribution in [-0.4, -0.2) is 42.5 Å². The summed E-state index contributed by atoms with van der Waals surface area (Å²) in [5, 5.41) is 7.76. The third kappa shape index (κ3) is 4.65. The molecule has 0 saturated heterocycles. The van der Waals surface area contributed by atoms with Crippen molar-refractivity contribution < 1.29 is 17.6 Å². The van der Waals surface area contributed by atoms with E-state index in [1.165, 1.54) is 31.0 Å². The molecule has 0 aliphatic rings. The molecule has 1 heterocycles. The number of halogens is 3. The summed E-state index contributed by atoms with van der Waals surface area (Å²) in [5.74, 6) is -1.20. The quantitative estimate of drug-likeness (QED) is 0.592. The maximum atomic E-state index is 14.1. The smallest absolute Gasteiger partial charge is 0.256 e. The maximum Gasteiger partial charge on any atom is 0.256 e. The van der Waals surface area contributed by atoms with E-state index >= 15 is 0 Å². The van der Waals surface area contributed by atoms with Crippen molar-refractivity contribution >= 4 is 45.0 Å². The molecule has 0 fully saturated rings. The van der Waals surface area contributed by atoms with Crippen molar-refractivity contribution in [3.63, 3.8) is 0 Å². The van der Waals surface area contributed by atoms with Gasteiger partial charge < -0.3 is 5.32 Å². The summed E-state index contributed by atoms with van der Waals surface area (Å²) in [6.07, 6.45) is 1.49. The number of amides is 1. The summed E-state index contributed by atoms with van der Waals surface area (Å²) in [5.41, 5.74) is 0.718.